The van der Waals surface area contributed by atoms with Gasteiger partial charge >= 0.3 is 0 Å². The molecule has 0 aromatic heterocycles. The first-order valence-corrected chi connectivity index (χ1v) is 8.97. The topological polar surface area (TPSA) is 63.4 Å². The molecule has 130 valence electrons. The fourth-order valence-corrected chi connectivity index (χ4v) is 4.29. The minimum atomic E-state index is -0.258. The summed E-state index contributed by atoms with van der Waals surface area (Å²) in [6.45, 7) is 7.04. The number of hydrogen-bond acceptors (Lipinski definition) is 2. The maximum atomic E-state index is 13.2. The largest absolute Gasteiger partial charge is 0.369 e. The number of aryl methyl sites for hydroxylation is 1. The maximum absolute atomic E-state index is 13.2. The molecule has 1 aliphatic heterocycles. The van der Waals surface area contributed by atoms with Gasteiger partial charge in [-0.25, -0.2) is 0 Å². The molecule has 1 fully saturated rings. The first-order chi connectivity index (χ1) is 11.3. The van der Waals surface area contributed by atoms with Crippen LogP contribution in [0.15, 0.2) is 18.2 Å². The van der Waals surface area contributed by atoms with Crippen molar-refractivity contribution in [1.29, 1.82) is 0 Å². The van der Waals surface area contributed by atoms with E-state index in [-0.39, 0.29) is 29.2 Å². The number of carbonyl (C=O) groups is 2. The molecule has 4 heteroatoms. The van der Waals surface area contributed by atoms with Crippen LogP contribution < -0.4 is 5.73 Å². The van der Waals surface area contributed by atoms with Crippen LogP contribution in [0.25, 0.3) is 0 Å². The van der Waals surface area contributed by atoms with E-state index in [4.69, 9.17) is 5.73 Å². The van der Waals surface area contributed by atoms with Crippen molar-refractivity contribution in [3.05, 3.63) is 34.9 Å². The van der Waals surface area contributed by atoms with Gasteiger partial charge in [0.05, 0.1) is 0 Å². The van der Waals surface area contributed by atoms with Crippen molar-refractivity contribution in [3.63, 3.8) is 0 Å². The van der Waals surface area contributed by atoms with Gasteiger partial charge < -0.3 is 10.6 Å². The average molecular weight is 328 g/mol. The first kappa shape index (κ1) is 17.0. The second-order valence-corrected chi connectivity index (χ2v) is 8.15. The minimum absolute atomic E-state index is 0.0677. The molecule has 2 amide bonds. The van der Waals surface area contributed by atoms with Gasteiger partial charge in [-0.15, -0.1) is 0 Å². The number of benzene rings is 1. The van der Waals surface area contributed by atoms with Crippen molar-refractivity contribution < 1.29 is 9.59 Å². The number of nitrogens with zero attached hydrogens (tertiary/aromatic N) is 1. The molecule has 1 aromatic rings. The Morgan fingerprint density at radius 1 is 1.17 bits per heavy atom. The molecule has 4 nitrogen and oxygen atoms in total. The lowest BCUT2D eigenvalue weighted by Crippen LogP contribution is -2.54. The van der Waals surface area contributed by atoms with Crippen molar-refractivity contribution in [2.24, 2.45) is 17.6 Å². The van der Waals surface area contributed by atoms with E-state index in [1.54, 1.807) is 0 Å². The predicted molar refractivity (Wildman–Crippen MR) is 94.2 cm³/mol. The molecule has 2 N–H and O–H groups in total. The highest BCUT2D eigenvalue weighted by Gasteiger charge is 2.40. The van der Waals surface area contributed by atoms with Crippen LogP contribution in [0.1, 0.15) is 56.2 Å². The minimum Gasteiger partial charge on any atom is -0.369 e. The Balaban J connectivity index is 1.82. The summed E-state index contributed by atoms with van der Waals surface area (Å²) in [5.41, 5.74) is 9.11. The van der Waals surface area contributed by atoms with Crippen LogP contribution in [0.2, 0.25) is 0 Å². The molecule has 0 bridgehead atoms. The summed E-state index contributed by atoms with van der Waals surface area (Å²) in [5.74, 6) is -0.276. The molecule has 2 unspecified atom stereocenters. The van der Waals surface area contributed by atoms with Crippen molar-refractivity contribution in [1.82, 2.24) is 4.90 Å². The summed E-state index contributed by atoms with van der Waals surface area (Å²) in [6, 6.07) is 6.53. The van der Waals surface area contributed by atoms with E-state index in [9.17, 15) is 9.59 Å². The van der Waals surface area contributed by atoms with Crippen LogP contribution >= 0.6 is 0 Å². The summed E-state index contributed by atoms with van der Waals surface area (Å²) >= 11 is 0. The summed E-state index contributed by atoms with van der Waals surface area (Å²) in [6.07, 6.45) is 4.09. The van der Waals surface area contributed by atoms with Gasteiger partial charge in [-0.2, -0.15) is 0 Å². The van der Waals surface area contributed by atoms with Crippen molar-refractivity contribution in [2.75, 3.05) is 0 Å². The second-order valence-electron chi connectivity index (χ2n) is 8.15. The van der Waals surface area contributed by atoms with E-state index >= 15 is 0 Å². The number of fused-ring (bicyclic) bond motifs is 1. The number of carbonyl (C=O) groups excluding carboxylic acids is 2. The zero-order valence-electron chi connectivity index (χ0n) is 15.0. The van der Waals surface area contributed by atoms with Crippen LogP contribution in [0.5, 0.6) is 0 Å². The van der Waals surface area contributed by atoms with E-state index in [0.29, 0.717) is 13.0 Å². The Bertz CT molecular complexity index is 666. The SMILES string of the molecule is Cc1ccc2c(c1)CN(C(=O)C1CCCC(C(N)=O)C1)C(C)(C)C2. The zero-order valence-corrected chi connectivity index (χ0v) is 15.0. The number of hydrogen-bond donors (Lipinski definition) is 1. The highest BCUT2D eigenvalue weighted by atomic mass is 16.2. The molecule has 1 heterocycles. The van der Waals surface area contributed by atoms with Gasteiger partial charge in [0.1, 0.15) is 0 Å². The van der Waals surface area contributed by atoms with E-state index in [1.165, 1.54) is 16.7 Å². The standard InChI is InChI=1S/C20H28N2O2/c1-13-7-8-16-11-20(2,3)22(12-17(16)9-13)19(24)15-6-4-5-14(10-15)18(21)23/h7-9,14-15H,4-6,10-12H2,1-3H3,(H2,21,23). The quantitative estimate of drug-likeness (QED) is 0.907. The number of primary amides is 1. The fraction of sp³-hybridized carbons (Fsp3) is 0.600. The van der Waals surface area contributed by atoms with Crippen molar-refractivity contribution >= 4 is 11.8 Å². The van der Waals surface area contributed by atoms with Gasteiger partial charge in [0.25, 0.3) is 0 Å². The molecule has 2 aliphatic rings. The summed E-state index contributed by atoms with van der Waals surface area (Å²) in [4.78, 5) is 26.8. The van der Waals surface area contributed by atoms with Crippen LogP contribution in [0.4, 0.5) is 0 Å². The third-order valence-electron chi connectivity index (χ3n) is 5.74. The zero-order chi connectivity index (χ0) is 17.5. The second kappa shape index (κ2) is 6.23. The number of rotatable bonds is 2. The molecule has 1 aliphatic carbocycles. The van der Waals surface area contributed by atoms with Crippen LogP contribution in [-0.2, 0) is 22.6 Å². The lowest BCUT2D eigenvalue weighted by molar-refractivity contribution is -0.144. The monoisotopic (exact) mass is 328 g/mol. The smallest absolute Gasteiger partial charge is 0.226 e. The Kier molecular flexibility index (Phi) is 4.41. The van der Waals surface area contributed by atoms with Crippen LogP contribution in [0, 0.1) is 18.8 Å². The van der Waals surface area contributed by atoms with Gasteiger partial charge in [0.15, 0.2) is 0 Å². The molecular weight excluding hydrogens is 300 g/mol. The maximum Gasteiger partial charge on any atom is 0.226 e. The lowest BCUT2D eigenvalue weighted by Gasteiger charge is -2.45. The van der Waals surface area contributed by atoms with Crippen molar-refractivity contribution in [3.8, 4) is 0 Å². The van der Waals surface area contributed by atoms with Gasteiger partial charge in [-0.3, -0.25) is 9.59 Å². The molecule has 2 atom stereocenters. The molecule has 3 rings (SSSR count). The Morgan fingerprint density at radius 2 is 1.88 bits per heavy atom. The lowest BCUT2D eigenvalue weighted by atomic mass is 9.78. The van der Waals surface area contributed by atoms with E-state index in [2.05, 4.69) is 39.0 Å². The average Bonchev–Trinajstić information content (AvgIpc) is 2.53. The van der Waals surface area contributed by atoms with Gasteiger partial charge in [-0.05, 0) is 57.6 Å². The van der Waals surface area contributed by atoms with E-state index < -0.39 is 0 Å². The van der Waals surface area contributed by atoms with Crippen LogP contribution in [0.3, 0.4) is 0 Å². The van der Waals surface area contributed by atoms with E-state index in [1.807, 2.05) is 4.90 Å². The van der Waals surface area contributed by atoms with Gasteiger partial charge in [-0.1, -0.05) is 30.2 Å². The molecule has 1 aromatic carbocycles. The highest BCUT2D eigenvalue weighted by molar-refractivity contribution is 5.82. The number of nitrogens with two attached hydrogens (primary N) is 1. The Labute approximate surface area is 144 Å². The molecule has 24 heavy (non-hydrogen) atoms. The highest BCUT2D eigenvalue weighted by Crippen LogP contribution is 2.36. The molecule has 0 spiro atoms. The van der Waals surface area contributed by atoms with Crippen molar-refractivity contribution in [2.45, 2.75) is 65.0 Å². The Hall–Kier alpha value is -1.84. The van der Waals surface area contributed by atoms with Gasteiger partial charge in [0, 0.05) is 23.9 Å². The summed E-state index contributed by atoms with van der Waals surface area (Å²) in [5, 5.41) is 0. The summed E-state index contributed by atoms with van der Waals surface area (Å²) in [7, 11) is 0. The fourth-order valence-electron chi connectivity index (χ4n) is 4.29. The predicted octanol–water partition coefficient (Wildman–Crippen LogP) is 2.95. The first-order valence-electron chi connectivity index (χ1n) is 8.97. The third-order valence-corrected chi connectivity index (χ3v) is 5.74. The van der Waals surface area contributed by atoms with Crippen LogP contribution in [-0.4, -0.2) is 22.3 Å². The summed E-state index contributed by atoms with van der Waals surface area (Å²) < 4.78 is 0. The van der Waals surface area contributed by atoms with Gasteiger partial charge in [0.2, 0.25) is 11.8 Å². The van der Waals surface area contributed by atoms with E-state index in [0.717, 1.165) is 25.7 Å². The normalized spacial score (nSPS) is 25.9. The number of amides is 2. The molecule has 0 saturated heterocycles. The Morgan fingerprint density at radius 3 is 2.58 bits per heavy atom. The molecular formula is C20H28N2O2. The molecule has 1 saturated carbocycles. The third kappa shape index (κ3) is 3.19. The molecule has 0 radical (unpaired) electrons.